The average molecular weight is 251 g/mol. The van der Waals surface area contributed by atoms with Crippen LogP contribution in [0.15, 0.2) is 30.6 Å². The van der Waals surface area contributed by atoms with Crippen molar-refractivity contribution in [3.8, 4) is 5.75 Å². The summed E-state index contributed by atoms with van der Waals surface area (Å²) in [5.41, 5.74) is 0.264. The van der Waals surface area contributed by atoms with Crippen molar-refractivity contribution in [2.24, 2.45) is 7.05 Å². The van der Waals surface area contributed by atoms with Gasteiger partial charge in [0.25, 0.3) is 0 Å². The standard InChI is InChI=1S/C11H10FN3O3/c1-14-6-8(5-13-14)7-18-9-2-3-11(15(16)17)10(12)4-9/h2-6H,7H2,1H3. The Morgan fingerprint density at radius 1 is 1.56 bits per heavy atom. The number of hydrogen-bond acceptors (Lipinski definition) is 4. The maximum atomic E-state index is 13.3. The zero-order valence-corrected chi connectivity index (χ0v) is 9.54. The smallest absolute Gasteiger partial charge is 0.305 e. The zero-order chi connectivity index (χ0) is 13.1. The third-order valence-electron chi connectivity index (χ3n) is 2.28. The number of hydrogen-bond donors (Lipinski definition) is 0. The maximum absolute atomic E-state index is 13.3. The number of nitro benzene ring substituents is 1. The van der Waals surface area contributed by atoms with Gasteiger partial charge in [-0.05, 0) is 6.07 Å². The quantitative estimate of drug-likeness (QED) is 0.616. The fourth-order valence-electron chi connectivity index (χ4n) is 1.44. The topological polar surface area (TPSA) is 70.2 Å². The van der Waals surface area contributed by atoms with Crippen LogP contribution in [0, 0.1) is 15.9 Å². The average Bonchev–Trinajstić information content (AvgIpc) is 2.72. The lowest BCUT2D eigenvalue weighted by atomic mass is 10.3. The van der Waals surface area contributed by atoms with Gasteiger partial charge in [0.2, 0.25) is 5.82 Å². The molecule has 0 unspecified atom stereocenters. The Morgan fingerprint density at radius 3 is 2.89 bits per heavy atom. The number of benzene rings is 1. The molecule has 0 amide bonds. The van der Waals surface area contributed by atoms with Gasteiger partial charge in [0.05, 0.1) is 11.1 Å². The van der Waals surface area contributed by atoms with Crippen molar-refractivity contribution >= 4 is 5.69 Å². The van der Waals surface area contributed by atoms with E-state index in [4.69, 9.17) is 4.74 Å². The fraction of sp³-hybridized carbons (Fsp3) is 0.182. The summed E-state index contributed by atoms with van der Waals surface area (Å²) < 4.78 is 20.2. The van der Waals surface area contributed by atoms with Crippen LogP contribution in [-0.4, -0.2) is 14.7 Å². The van der Waals surface area contributed by atoms with Gasteiger partial charge in [0, 0.05) is 30.9 Å². The molecule has 7 heteroatoms. The minimum absolute atomic E-state index is 0.227. The molecule has 0 atom stereocenters. The highest BCUT2D eigenvalue weighted by molar-refractivity contribution is 5.38. The van der Waals surface area contributed by atoms with E-state index in [-0.39, 0.29) is 12.4 Å². The number of nitrogens with zero attached hydrogens (tertiary/aromatic N) is 3. The highest BCUT2D eigenvalue weighted by atomic mass is 19.1. The van der Waals surface area contributed by atoms with Crippen molar-refractivity contribution in [1.82, 2.24) is 9.78 Å². The molecule has 18 heavy (non-hydrogen) atoms. The van der Waals surface area contributed by atoms with Gasteiger partial charge in [-0.2, -0.15) is 9.49 Å². The second-order valence-electron chi connectivity index (χ2n) is 3.68. The maximum Gasteiger partial charge on any atom is 0.305 e. The van der Waals surface area contributed by atoms with Gasteiger partial charge in [-0.1, -0.05) is 0 Å². The molecule has 0 bridgehead atoms. The molecule has 0 aliphatic carbocycles. The summed E-state index contributed by atoms with van der Waals surface area (Å²) in [5, 5.41) is 14.4. The van der Waals surface area contributed by atoms with Crippen molar-refractivity contribution in [3.63, 3.8) is 0 Å². The Balaban J connectivity index is 2.06. The summed E-state index contributed by atoms with van der Waals surface area (Å²) in [6.45, 7) is 0.227. The molecule has 2 rings (SSSR count). The van der Waals surface area contributed by atoms with Crippen LogP contribution in [0.2, 0.25) is 0 Å². The van der Waals surface area contributed by atoms with Crippen LogP contribution in [0.4, 0.5) is 10.1 Å². The van der Waals surface area contributed by atoms with E-state index in [0.717, 1.165) is 17.7 Å². The Labute approximate surface area is 102 Å². The summed E-state index contributed by atoms with van der Waals surface area (Å²) in [6, 6.07) is 3.43. The fourth-order valence-corrected chi connectivity index (χ4v) is 1.44. The molecule has 2 aromatic rings. The second kappa shape index (κ2) is 4.82. The summed E-state index contributed by atoms with van der Waals surface area (Å²) >= 11 is 0. The van der Waals surface area contributed by atoms with Gasteiger partial charge in [-0.3, -0.25) is 14.8 Å². The highest BCUT2D eigenvalue weighted by Gasteiger charge is 2.14. The predicted molar refractivity (Wildman–Crippen MR) is 60.6 cm³/mol. The van der Waals surface area contributed by atoms with Crippen LogP contribution < -0.4 is 4.74 Å². The molecule has 1 heterocycles. The number of ether oxygens (including phenoxy) is 1. The lowest BCUT2D eigenvalue weighted by molar-refractivity contribution is -0.387. The minimum atomic E-state index is -0.913. The molecule has 0 aliphatic heterocycles. The molecule has 0 saturated heterocycles. The molecular weight excluding hydrogens is 241 g/mol. The van der Waals surface area contributed by atoms with Crippen LogP contribution in [0.1, 0.15) is 5.56 Å². The Kier molecular flexibility index (Phi) is 3.22. The normalized spacial score (nSPS) is 10.3. The van der Waals surface area contributed by atoms with Gasteiger partial charge >= 0.3 is 5.69 Å². The molecule has 0 spiro atoms. The summed E-state index contributed by atoms with van der Waals surface area (Å²) in [4.78, 5) is 9.65. The Morgan fingerprint density at radius 2 is 2.33 bits per heavy atom. The third kappa shape index (κ3) is 2.62. The van der Waals surface area contributed by atoms with Crippen LogP contribution in [0.3, 0.4) is 0 Å². The first-order valence-electron chi connectivity index (χ1n) is 5.10. The van der Waals surface area contributed by atoms with Crippen LogP contribution in [-0.2, 0) is 13.7 Å². The van der Waals surface area contributed by atoms with Gasteiger partial charge < -0.3 is 4.74 Å². The SMILES string of the molecule is Cn1cc(COc2ccc([N+](=O)[O-])c(F)c2)cn1. The number of rotatable bonds is 4. The molecule has 94 valence electrons. The summed E-state index contributed by atoms with van der Waals surface area (Å²) in [5.74, 6) is -0.675. The number of nitro groups is 1. The molecule has 0 saturated carbocycles. The molecule has 0 radical (unpaired) electrons. The third-order valence-corrected chi connectivity index (χ3v) is 2.28. The van der Waals surface area contributed by atoms with Gasteiger partial charge in [-0.15, -0.1) is 0 Å². The molecular formula is C11H10FN3O3. The lowest BCUT2D eigenvalue weighted by Crippen LogP contribution is -1.97. The summed E-state index contributed by atoms with van der Waals surface area (Å²) in [6.07, 6.45) is 3.39. The molecule has 0 fully saturated rings. The second-order valence-corrected chi connectivity index (χ2v) is 3.68. The van der Waals surface area contributed by atoms with Crippen LogP contribution in [0.25, 0.3) is 0 Å². The van der Waals surface area contributed by atoms with E-state index in [0.29, 0.717) is 0 Å². The largest absolute Gasteiger partial charge is 0.489 e. The molecule has 0 aliphatic rings. The van der Waals surface area contributed by atoms with Gasteiger partial charge in [0.15, 0.2) is 0 Å². The van der Waals surface area contributed by atoms with Crippen molar-refractivity contribution in [2.45, 2.75) is 6.61 Å². The van der Waals surface area contributed by atoms with Crippen LogP contribution >= 0.6 is 0 Å². The van der Waals surface area contributed by atoms with Crippen molar-refractivity contribution in [1.29, 1.82) is 0 Å². The molecule has 1 aromatic heterocycles. The van der Waals surface area contributed by atoms with E-state index >= 15 is 0 Å². The molecule has 1 aromatic carbocycles. The summed E-state index contributed by atoms with van der Waals surface area (Å²) in [7, 11) is 1.77. The number of aryl methyl sites for hydroxylation is 1. The molecule has 6 nitrogen and oxygen atoms in total. The van der Waals surface area contributed by atoms with Crippen LogP contribution in [0.5, 0.6) is 5.75 Å². The first-order chi connectivity index (χ1) is 8.56. The number of halogens is 1. The Hall–Kier alpha value is -2.44. The predicted octanol–water partition coefficient (Wildman–Crippen LogP) is 2.05. The van der Waals surface area contributed by atoms with Gasteiger partial charge in [-0.25, -0.2) is 0 Å². The van der Waals surface area contributed by atoms with E-state index < -0.39 is 16.4 Å². The Bertz CT molecular complexity index is 583. The van der Waals surface area contributed by atoms with E-state index in [9.17, 15) is 14.5 Å². The number of aromatic nitrogens is 2. The van der Waals surface area contributed by atoms with E-state index in [1.54, 1.807) is 24.1 Å². The van der Waals surface area contributed by atoms with E-state index in [2.05, 4.69) is 5.10 Å². The monoisotopic (exact) mass is 251 g/mol. The highest BCUT2D eigenvalue weighted by Crippen LogP contribution is 2.22. The van der Waals surface area contributed by atoms with Crippen molar-refractivity contribution < 1.29 is 14.1 Å². The first-order valence-corrected chi connectivity index (χ1v) is 5.10. The van der Waals surface area contributed by atoms with Crippen molar-refractivity contribution in [3.05, 3.63) is 52.1 Å². The molecule has 0 N–H and O–H groups in total. The van der Waals surface area contributed by atoms with Gasteiger partial charge in [0.1, 0.15) is 12.4 Å². The minimum Gasteiger partial charge on any atom is -0.489 e. The zero-order valence-electron chi connectivity index (χ0n) is 9.54. The van der Waals surface area contributed by atoms with E-state index in [1.807, 2.05) is 0 Å². The first kappa shape index (κ1) is 12.0. The van der Waals surface area contributed by atoms with Crippen molar-refractivity contribution in [2.75, 3.05) is 0 Å². The lowest BCUT2D eigenvalue weighted by Gasteiger charge is -2.04. The van der Waals surface area contributed by atoms with E-state index in [1.165, 1.54) is 6.07 Å².